The van der Waals surface area contributed by atoms with Crippen molar-refractivity contribution in [2.75, 3.05) is 43.9 Å². The number of pyridine rings is 1. The number of benzene rings is 2. The van der Waals surface area contributed by atoms with Gasteiger partial charge in [-0.3, -0.25) is 9.59 Å². The Morgan fingerprint density at radius 2 is 1.83 bits per heavy atom. The van der Waals surface area contributed by atoms with Crippen LogP contribution in [-0.4, -0.2) is 55.0 Å². The zero-order valence-corrected chi connectivity index (χ0v) is 19.8. The minimum Gasteiger partial charge on any atom is -0.481 e. The molecule has 1 aromatic heterocycles. The lowest BCUT2D eigenvalue weighted by Crippen LogP contribution is -2.28. The van der Waals surface area contributed by atoms with Gasteiger partial charge in [-0.05, 0) is 86.4 Å². The molecule has 35 heavy (non-hydrogen) atoms. The van der Waals surface area contributed by atoms with Crippen molar-refractivity contribution < 1.29 is 14.3 Å². The van der Waals surface area contributed by atoms with Gasteiger partial charge in [0.25, 0.3) is 11.8 Å². The highest BCUT2D eigenvalue weighted by Gasteiger charge is 2.21. The van der Waals surface area contributed by atoms with Crippen LogP contribution in [0.1, 0.15) is 40.0 Å². The Kier molecular flexibility index (Phi) is 6.63. The summed E-state index contributed by atoms with van der Waals surface area (Å²) >= 11 is 0. The molecular weight excluding hydrogens is 442 g/mol. The molecule has 2 aliphatic rings. The third-order valence-electron chi connectivity index (χ3n) is 6.48. The van der Waals surface area contributed by atoms with E-state index in [1.54, 1.807) is 31.5 Å². The summed E-state index contributed by atoms with van der Waals surface area (Å²) in [4.78, 5) is 32.2. The van der Waals surface area contributed by atoms with Crippen LogP contribution in [0.15, 0.2) is 54.7 Å². The van der Waals surface area contributed by atoms with Gasteiger partial charge in [0.15, 0.2) is 0 Å². The van der Waals surface area contributed by atoms with Gasteiger partial charge in [-0.1, -0.05) is 6.07 Å². The number of amides is 2. The normalized spacial score (nSPS) is 14.8. The fraction of sp³-hybridized carbons (Fsp3) is 0.296. The molecule has 8 nitrogen and oxygen atoms in total. The summed E-state index contributed by atoms with van der Waals surface area (Å²) in [5, 5.41) is 9.29. The summed E-state index contributed by atoms with van der Waals surface area (Å²) in [6, 6.07) is 14.7. The van der Waals surface area contributed by atoms with Crippen molar-refractivity contribution in [3.05, 3.63) is 65.9 Å². The van der Waals surface area contributed by atoms with Gasteiger partial charge in [0.05, 0.1) is 29.7 Å². The minimum absolute atomic E-state index is 0.140. The Balaban J connectivity index is 1.30. The van der Waals surface area contributed by atoms with Crippen molar-refractivity contribution in [1.29, 1.82) is 0 Å². The first-order valence-electron chi connectivity index (χ1n) is 12.0. The number of ether oxygens (including phenoxy) is 1. The fourth-order valence-electron chi connectivity index (χ4n) is 4.57. The maximum atomic E-state index is 12.9. The van der Waals surface area contributed by atoms with E-state index in [4.69, 9.17) is 4.74 Å². The Hall–Kier alpha value is -3.91. The molecule has 0 aliphatic carbocycles. The van der Waals surface area contributed by atoms with Gasteiger partial charge < -0.3 is 25.6 Å². The van der Waals surface area contributed by atoms with Crippen LogP contribution in [-0.2, 0) is 0 Å². The molecule has 180 valence electrons. The molecule has 5 rings (SSSR count). The molecule has 8 heteroatoms. The number of carbonyl (C=O) groups excluding carboxylic acids is 2. The van der Waals surface area contributed by atoms with E-state index in [9.17, 15) is 9.59 Å². The van der Waals surface area contributed by atoms with Crippen LogP contribution < -0.4 is 20.7 Å². The summed E-state index contributed by atoms with van der Waals surface area (Å²) in [6.45, 7) is 3.96. The number of nitrogens with zero attached hydrogens (tertiary/aromatic N) is 2. The number of fused-ring (bicyclic) bond motifs is 2. The Bertz CT molecular complexity index is 1250. The van der Waals surface area contributed by atoms with Crippen LogP contribution in [0.5, 0.6) is 5.88 Å². The molecule has 0 radical (unpaired) electrons. The van der Waals surface area contributed by atoms with Crippen LogP contribution in [0.3, 0.4) is 0 Å². The Morgan fingerprint density at radius 1 is 1.00 bits per heavy atom. The van der Waals surface area contributed by atoms with E-state index in [0.29, 0.717) is 34.9 Å². The van der Waals surface area contributed by atoms with Gasteiger partial charge in [0.2, 0.25) is 5.88 Å². The minimum atomic E-state index is -0.228. The van der Waals surface area contributed by atoms with Gasteiger partial charge in [-0.25, -0.2) is 4.98 Å². The van der Waals surface area contributed by atoms with Crippen molar-refractivity contribution in [3.63, 3.8) is 0 Å². The topological polar surface area (TPSA) is 95.6 Å². The van der Waals surface area contributed by atoms with E-state index in [2.05, 4.69) is 25.8 Å². The predicted molar refractivity (Wildman–Crippen MR) is 137 cm³/mol. The van der Waals surface area contributed by atoms with Gasteiger partial charge in [-0.2, -0.15) is 0 Å². The molecule has 2 amide bonds. The summed E-state index contributed by atoms with van der Waals surface area (Å²) in [5.74, 6) is 0.155. The van der Waals surface area contributed by atoms with Gasteiger partial charge >= 0.3 is 0 Å². The summed E-state index contributed by atoms with van der Waals surface area (Å²) < 4.78 is 5.23. The zero-order chi connectivity index (χ0) is 24.2. The van der Waals surface area contributed by atoms with Crippen LogP contribution in [0, 0.1) is 0 Å². The quantitative estimate of drug-likeness (QED) is 0.445. The predicted octanol–water partition coefficient (Wildman–Crippen LogP) is 4.28. The highest BCUT2D eigenvalue weighted by molar-refractivity contribution is 6.13. The third-order valence-corrected chi connectivity index (χ3v) is 6.48. The largest absolute Gasteiger partial charge is 0.481 e. The molecule has 0 atom stereocenters. The number of hydrogen-bond acceptors (Lipinski definition) is 6. The molecule has 0 saturated carbocycles. The van der Waals surface area contributed by atoms with E-state index in [1.807, 2.05) is 30.3 Å². The second-order valence-electron chi connectivity index (χ2n) is 8.84. The van der Waals surface area contributed by atoms with E-state index in [-0.39, 0.29) is 11.8 Å². The molecule has 2 aromatic carbocycles. The highest BCUT2D eigenvalue weighted by atomic mass is 16.5. The lowest BCUT2D eigenvalue weighted by atomic mass is 10.0. The molecule has 0 unspecified atom stereocenters. The third kappa shape index (κ3) is 5.12. The molecule has 0 spiro atoms. The number of carbonyl (C=O) groups is 2. The van der Waals surface area contributed by atoms with Gasteiger partial charge in [0.1, 0.15) is 0 Å². The van der Waals surface area contributed by atoms with Crippen molar-refractivity contribution in [1.82, 2.24) is 15.2 Å². The van der Waals surface area contributed by atoms with Gasteiger partial charge in [0, 0.05) is 24.4 Å². The lowest BCUT2D eigenvalue weighted by Gasteiger charge is -2.14. The molecule has 1 fully saturated rings. The smallest absolute Gasteiger partial charge is 0.257 e. The summed E-state index contributed by atoms with van der Waals surface area (Å²) in [5.41, 5.74) is 4.89. The van der Waals surface area contributed by atoms with Crippen LogP contribution in [0.25, 0.3) is 11.1 Å². The number of hydrogen-bond donors (Lipinski definition) is 3. The summed E-state index contributed by atoms with van der Waals surface area (Å²) in [7, 11) is 1.58. The Morgan fingerprint density at radius 3 is 2.66 bits per heavy atom. The Labute approximate surface area is 204 Å². The maximum Gasteiger partial charge on any atom is 0.257 e. The number of anilines is 3. The average Bonchev–Trinajstić information content (AvgIpc) is 3.36. The standard InChI is InChI=1S/C27H29N5O3/c1-35-25-17-19(9-11-28-25)18-5-7-21-23(15-18)30-22-8-6-20(16-24(22)31-27(21)34)26(33)29-10-4-14-32-12-2-3-13-32/h5-9,11,15-17,30H,2-4,10,12-14H2,1H3,(H,29,33)(H,31,34). The van der Waals surface area contributed by atoms with Crippen LogP contribution in [0.2, 0.25) is 0 Å². The second kappa shape index (κ2) is 10.1. The number of methoxy groups -OCH3 is 1. The molecule has 3 heterocycles. The number of rotatable bonds is 7. The average molecular weight is 472 g/mol. The number of nitrogens with one attached hydrogen (secondary N) is 3. The molecule has 1 saturated heterocycles. The second-order valence-corrected chi connectivity index (χ2v) is 8.84. The van der Waals surface area contributed by atoms with Crippen molar-refractivity contribution in [2.45, 2.75) is 19.3 Å². The first kappa shape index (κ1) is 22.9. The SMILES string of the molecule is COc1cc(-c2ccc3c(c2)Nc2ccc(C(=O)NCCCN4CCCC4)cc2NC3=O)ccn1. The monoisotopic (exact) mass is 471 g/mol. The van der Waals surface area contributed by atoms with E-state index < -0.39 is 0 Å². The lowest BCUT2D eigenvalue weighted by molar-refractivity contribution is 0.0950. The molecular formula is C27H29N5O3. The molecule has 0 bridgehead atoms. The van der Waals surface area contributed by atoms with Gasteiger partial charge in [-0.15, -0.1) is 0 Å². The number of likely N-dealkylation sites (tertiary alicyclic amines) is 1. The maximum absolute atomic E-state index is 12.9. The molecule has 2 aliphatic heterocycles. The van der Waals surface area contributed by atoms with Crippen LogP contribution in [0.4, 0.5) is 17.1 Å². The van der Waals surface area contributed by atoms with E-state index in [0.717, 1.165) is 42.9 Å². The first-order chi connectivity index (χ1) is 17.1. The molecule has 3 aromatic rings. The van der Waals surface area contributed by atoms with E-state index >= 15 is 0 Å². The molecule has 3 N–H and O–H groups in total. The van der Waals surface area contributed by atoms with Crippen molar-refractivity contribution in [2.24, 2.45) is 0 Å². The van der Waals surface area contributed by atoms with Crippen LogP contribution >= 0.6 is 0 Å². The van der Waals surface area contributed by atoms with E-state index in [1.165, 1.54) is 12.8 Å². The van der Waals surface area contributed by atoms with Crippen molar-refractivity contribution in [3.8, 4) is 17.0 Å². The zero-order valence-electron chi connectivity index (χ0n) is 19.8. The van der Waals surface area contributed by atoms with Crippen molar-refractivity contribution >= 4 is 28.9 Å². The fourth-order valence-corrected chi connectivity index (χ4v) is 4.57. The summed E-state index contributed by atoms with van der Waals surface area (Å²) in [6.07, 6.45) is 5.15. The highest BCUT2D eigenvalue weighted by Crippen LogP contribution is 2.35. The first-order valence-corrected chi connectivity index (χ1v) is 12.0. The number of aromatic nitrogens is 1.